The Hall–Kier alpha value is -1.42. The van der Waals surface area contributed by atoms with Gasteiger partial charge in [0.1, 0.15) is 11.3 Å². The van der Waals surface area contributed by atoms with Gasteiger partial charge in [-0.1, -0.05) is 6.92 Å². The van der Waals surface area contributed by atoms with Gasteiger partial charge in [-0.25, -0.2) is 9.97 Å². The van der Waals surface area contributed by atoms with E-state index in [0.717, 1.165) is 43.0 Å². The van der Waals surface area contributed by atoms with Crippen LogP contribution in [0.3, 0.4) is 0 Å². The van der Waals surface area contributed by atoms with Crippen LogP contribution in [-0.4, -0.2) is 27.7 Å². The fourth-order valence-corrected chi connectivity index (χ4v) is 2.34. The summed E-state index contributed by atoms with van der Waals surface area (Å²) in [5.74, 6) is 1.12. The lowest BCUT2D eigenvalue weighted by atomic mass is 10.2. The zero-order valence-electron chi connectivity index (χ0n) is 9.39. The van der Waals surface area contributed by atoms with Crippen molar-refractivity contribution >= 4 is 11.2 Å². The molecule has 1 atom stereocenters. The monoisotopic (exact) mass is 217 g/mol. The van der Waals surface area contributed by atoms with E-state index in [1.807, 2.05) is 18.3 Å². The van der Waals surface area contributed by atoms with E-state index in [0.29, 0.717) is 6.04 Å². The van der Waals surface area contributed by atoms with Crippen LogP contribution in [0.1, 0.15) is 25.2 Å². The van der Waals surface area contributed by atoms with Crippen LogP contribution in [-0.2, 0) is 11.2 Å². The second-order valence-electron chi connectivity index (χ2n) is 4.12. The molecular formula is C12H15N3O. The van der Waals surface area contributed by atoms with E-state index in [-0.39, 0.29) is 0 Å². The van der Waals surface area contributed by atoms with Gasteiger partial charge in [0.05, 0.1) is 12.6 Å². The van der Waals surface area contributed by atoms with Crippen molar-refractivity contribution in [3.8, 4) is 0 Å². The van der Waals surface area contributed by atoms with Crippen LogP contribution in [0.2, 0.25) is 0 Å². The van der Waals surface area contributed by atoms with Gasteiger partial charge in [-0.3, -0.25) is 0 Å². The topological polar surface area (TPSA) is 39.9 Å². The van der Waals surface area contributed by atoms with Gasteiger partial charge in [0, 0.05) is 19.2 Å². The number of fused-ring (bicyclic) bond motifs is 1. The average molecular weight is 217 g/mol. The molecule has 0 saturated carbocycles. The summed E-state index contributed by atoms with van der Waals surface area (Å²) in [5.41, 5.74) is 1.99. The molecule has 3 rings (SSSR count). The molecule has 3 heterocycles. The van der Waals surface area contributed by atoms with Crippen LogP contribution in [0.25, 0.3) is 11.2 Å². The van der Waals surface area contributed by atoms with Gasteiger partial charge >= 0.3 is 0 Å². The average Bonchev–Trinajstić information content (AvgIpc) is 2.94. The minimum atomic E-state index is 0.412. The second-order valence-corrected chi connectivity index (χ2v) is 4.12. The number of pyridine rings is 1. The lowest BCUT2D eigenvalue weighted by Crippen LogP contribution is -2.12. The highest BCUT2D eigenvalue weighted by Crippen LogP contribution is 2.25. The molecule has 0 aliphatic carbocycles. The van der Waals surface area contributed by atoms with Crippen molar-refractivity contribution in [3.05, 3.63) is 24.2 Å². The molecule has 1 aliphatic rings. The summed E-state index contributed by atoms with van der Waals surface area (Å²) in [6.07, 6.45) is 3.83. The lowest BCUT2D eigenvalue weighted by Gasteiger charge is -2.13. The molecule has 2 aromatic heterocycles. The Morgan fingerprint density at radius 1 is 1.56 bits per heavy atom. The van der Waals surface area contributed by atoms with Crippen molar-refractivity contribution in [2.24, 2.45) is 0 Å². The van der Waals surface area contributed by atoms with Crippen molar-refractivity contribution in [2.45, 2.75) is 25.8 Å². The molecule has 0 spiro atoms. The fraction of sp³-hybridized carbons (Fsp3) is 0.500. The Morgan fingerprint density at radius 3 is 3.25 bits per heavy atom. The van der Waals surface area contributed by atoms with Crippen LogP contribution in [0.15, 0.2) is 18.3 Å². The third-order valence-corrected chi connectivity index (χ3v) is 3.11. The van der Waals surface area contributed by atoms with Crippen LogP contribution in [0.4, 0.5) is 0 Å². The van der Waals surface area contributed by atoms with E-state index in [1.54, 1.807) is 0 Å². The first-order chi connectivity index (χ1) is 7.90. The number of aryl methyl sites for hydroxylation is 1. The third kappa shape index (κ3) is 1.41. The number of aromatic nitrogens is 3. The van der Waals surface area contributed by atoms with Gasteiger partial charge < -0.3 is 9.30 Å². The maximum absolute atomic E-state index is 5.45. The predicted octanol–water partition coefficient (Wildman–Crippen LogP) is 1.96. The van der Waals surface area contributed by atoms with Crippen molar-refractivity contribution in [1.82, 2.24) is 14.5 Å². The first-order valence-electron chi connectivity index (χ1n) is 5.79. The van der Waals surface area contributed by atoms with E-state index in [2.05, 4.69) is 21.5 Å². The van der Waals surface area contributed by atoms with E-state index < -0.39 is 0 Å². The van der Waals surface area contributed by atoms with Crippen LogP contribution in [0.5, 0.6) is 0 Å². The van der Waals surface area contributed by atoms with E-state index in [9.17, 15) is 0 Å². The van der Waals surface area contributed by atoms with E-state index in [4.69, 9.17) is 4.74 Å². The first kappa shape index (κ1) is 9.78. The number of imidazole rings is 1. The molecule has 2 aromatic rings. The number of ether oxygens (including phenoxy) is 1. The molecule has 4 nitrogen and oxygen atoms in total. The van der Waals surface area contributed by atoms with Gasteiger partial charge in [-0.15, -0.1) is 0 Å². The Labute approximate surface area is 94.3 Å². The molecule has 1 aliphatic heterocycles. The SMILES string of the molecule is CCc1nc2cccnc2n1C1CCOC1. The maximum atomic E-state index is 5.45. The number of hydrogen-bond donors (Lipinski definition) is 0. The molecule has 0 radical (unpaired) electrons. The largest absolute Gasteiger partial charge is 0.379 e. The van der Waals surface area contributed by atoms with Crippen LogP contribution < -0.4 is 0 Å². The minimum absolute atomic E-state index is 0.412. The van der Waals surface area contributed by atoms with Crippen molar-refractivity contribution < 1.29 is 4.74 Å². The van der Waals surface area contributed by atoms with Crippen molar-refractivity contribution in [2.75, 3.05) is 13.2 Å². The summed E-state index contributed by atoms with van der Waals surface area (Å²) in [6, 6.07) is 4.37. The highest BCUT2D eigenvalue weighted by molar-refractivity contribution is 5.71. The standard InChI is InChI=1S/C12H15N3O/c1-2-11-14-10-4-3-6-13-12(10)15(11)9-5-7-16-8-9/h3-4,6,9H,2,5,7-8H2,1H3. The smallest absolute Gasteiger partial charge is 0.160 e. The molecule has 0 amide bonds. The van der Waals surface area contributed by atoms with Crippen molar-refractivity contribution in [3.63, 3.8) is 0 Å². The molecule has 0 bridgehead atoms. The summed E-state index contributed by atoms with van der Waals surface area (Å²) in [5, 5.41) is 0. The Balaban J connectivity index is 2.18. The molecule has 4 heteroatoms. The number of nitrogens with zero attached hydrogens (tertiary/aromatic N) is 3. The molecule has 0 aromatic carbocycles. The van der Waals surface area contributed by atoms with E-state index >= 15 is 0 Å². The highest BCUT2D eigenvalue weighted by atomic mass is 16.5. The zero-order chi connectivity index (χ0) is 11.0. The Kier molecular flexibility index (Phi) is 2.36. The first-order valence-corrected chi connectivity index (χ1v) is 5.79. The minimum Gasteiger partial charge on any atom is -0.379 e. The Bertz CT molecular complexity index is 500. The van der Waals surface area contributed by atoms with Gasteiger partial charge in [-0.05, 0) is 18.6 Å². The predicted molar refractivity (Wildman–Crippen MR) is 61.4 cm³/mol. The Morgan fingerprint density at radius 2 is 2.50 bits per heavy atom. The fourth-order valence-electron chi connectivity index (χ4n) is 2.34. The molecule has 1 fully saturated rings. The summed E-state index contributed by atoms with van der Waals surface area (Å²) in [6.45, 7) is 3.77. The molecule has 84 valence electrons. The van der Waals surface area contributed by atoms with Crippen molar-refractivity contribution in [1.29, 1.82) is 0 Å². The normalized spacial score (nSPS) is 20.7. The van der Waals surface area contributed by atoms with E-state index in [1.165, 1.54) is 0 Å². The summed E-state index contributed by atoms with van der Waals surface area (Å²) < 4.78 is 7.71. The quantitative estimate of drug-likeness (QED) is 0.772. The third-order valence-electron chi connectivity index (χ3n) is 3.11. The van der Waals surface area contributed by atoms with Gasteiger partial charge in [0.15, 0.2) is 5.65 Å². The lowest BCUT2D eigenvalue weighted by molar-refractivity contribution is 0.186. The highest BCUT2D eigenvalue weighted by Gasteiger charge is 2.22. The number of rotatable bonds is 2. The number of hydrogen-bond acceptors (Lipinski definition) is 3. The van der Waals surface area contributed by atoms with Crippen LogP contribution >= 0.6 is 0 Å². The summed E-state index contributed by atoms with van der Waals surface area (Å²) >= 11 is 0. The van der Waals surface area contributed by atoms with Gasteiger partial charge in [0.2, 0.25) is 0 Å². The maximum Gasteiger partial charge on any atom is 0.160 e. The molecular weight excluding hydrogens is 202 g/mol. The summed E-state index contributed by atoms with van der Waals surface area (Å²) in [4.78, 5) is 9.06. The van der Waals surface area contributed by atoms with Crippen LogP contribution in [0, 0.1) is 0 Å². The molecule has 0 N–H and O–H groups in total. The molecule has 1 saturated heterocycles. The van der Waals surface area contributed by atoms with Gasteiger partial charge in [0.25, 0.3) is 0 Å². The second kappa shape index (κ2) is 3.87. The molecule has 1 unspecified atom stereocenters. The summed E-state index contributed by atoms with van der Waals surface area (Å²) in [7, 11) is 0. The molecule has 16 heavy (non-hydrogen) atoms. The zero-order valence-corrected chi connectivity index (χ0v) is 9.39. The van der Waals surface area contributed by atoms with Gasteiger partial charge in [-0.2, -0.15) is 0 Å².